The van der Waals surface area contributed by atoms with E-state index >= 15 is 0 Å². The molecule has 1 N–H and O–H groups in total. The average molecular weight is 423 g/mol. The molecule has 1 saturated heterocycles. The SMILES string of the molecule is O=C(NC1C2CN(Cc3ccccc3)CC21)C(Cl)(c1ccccc1)C1CCCCC1. The van der Waals surface area contributed by atoms with Gasteiger partial charge in [0.2, 0.25) is 5.91 Å². The molecule has 158 valence electrons. The molecule has 3 atom stereocenters. The number of hydrogen-bond donors (Lipinski definition) is 1. The number of piperidine rings is 1. The number of halogens is 1. The Labute approximate surface area is 184 Å². The largest absolute Gasteiger partial charge is 0.351 e. The van der Waals surface area contributed by atoms with Crippen LogP contribution in [0, 0.1) is 17.8 Å². The van der Waals surface area contributed by atoms with Crippen LogP contribution in [0.1, 0.15) is 43.2 Å². The van der Waals surface area contributed by atoms with Gasteiger partial charge in [-0.25, -0.2) is 0 Å². The van der Waals surface area contributed by atoms with Crippen LogP contribution in [-0.4, -0.2) is 29.9 Å². The second kappa shape index (κ2) is 8.36. The van der Waals surface area contributed by atoms with Gasteiger partial charge >= 0.3 is 0 Å². The number of rotatable bonds is 6. The molecule has 30 heavy (non-hydrogen) atoms. The fraction of sp³-hybridized carbons (Fsp3) is 0.500. The minimum Gasteiger partial charge on any atom is -0.351 e. The van der Waals surface area contributed by atoms with Crippen molar-refractivity contribution in [2.75, 3.05) is 13.1 Å². The predicted octanol–water partition coefficient (Wildman–Crippen LogP) is 4.95. The summed E-state index contributed by atoms with van der Waals surface area (Å²) in [6.45, 7) is 3.13. The second-order valence-electron chi connectivity index (χ2n) is 9.42. The van der Waals surface area contributed by atoms with Crippen LogP contribution in [0.3, 0.4) is 0 Å². The van der Waals surface area contributed by atoms with Crippen LogP contribution in [0.5, 0.6) is 0 Å². The highest BCUT2D eigenvalue weighted by Crippen LogP contribution is 2.49. The number of carbonyl (C=O) groups is 1. The van der Waals surface area contributed by atoms with Crippen molar-refractivity contribution in [3.63, 3.8) is 0 Å². The van der Waals surface area contributed by atoms with Gasteiger partial charge in [0.05, 0.1) is 0 Å². The van der Waals surface area contributed by atoms with Gasteiger partial charge in [-0.2, -0.15) is 0 Å². The number of hydrogen-bond acceptors (Lipinski definition) is 2. The fourth-order valence-corrected chi connectivity index (χ4v) is 6.19. The smallest absolute Gasteiger partial charge is 0.246 e. The number of amides is 1. The number of nitrogens with zero attached hydrogens (tertiary/aromatic N) is 1. The third kappa shape index (κ3) is 3.78. The summed E-state index contributed by atoms with van der Waals surface area (Å²) in [5.74, 6) is 1.38. The van der Waals surface area contributed by atoms with Crippen LogP contribution in [0.15, 0.2) is 60.7 Å². The van der Waals surface area contributed by atoms with E-state index in [1.165, 1.54) is 24.8 Å². The predicted molar refractivity (Wildman–Crippen MR) is 121 cm³/mol. The summed E-state index contributed by atoms with van der Waals surface area (Å²) in [5, 5.41) is 3.38. The maximum Gasteiger partial charge on any atom is 0.246 e. The Kier molecular flexibility index (Phi) is 5.59. The Morgan fingerprint density at radius 1 is 0.933 bits per heavy atom. The lowest BCUT2D eigenvalue weighted by Gasteiger charge is -2.37. The highest BCUT2D eigenvalue weighted by Gasteiger charge is 2.58. The zero-order valence-corrected chi connectivity index (χ0v) is 18.2. The molecular formula is C26H31ClN2O. The minimum atomic E-state index is -0.942. The molecule has 1 aliphatic heterocycles. The zero-order chi connectivity index (χ0) is 20.6. The van der Waals surface area contributed by atoms with Crippen molar-refractivity contribution in [3.05, 3.63) is 71.8 Å². The van der Waals surface area contributed by atoms with E-state index < -0.39 is 4.87 Å². The standard InChI is InChI=1S/C26H31ClN2O/c27-26(20-12-6-2-7-13-20,21-14-8-3-9-15-21)25(30)28-24-22-17-29(18-23(22)24)16-19-10-4-1-5-11-19/h1-2,4-7,10-13,21-24H,3,8-9,14-18H2,(H,28,30). The Morgan fingerprint density at radius 3 is 2.17 bits per heavy atom. The lowest BCUT2D eigenvalue weighted by atomic mass is 9.75. The lowest BCUT2D eigenvalue weighted by Crippen LogP contribution is -2.48. The molecule has 2 aromatic carbocycles. The Morgan fingerprint density at radius 2 is 1.53 bits per heavy atom. The number of fused-ring (bicyclic) bond motifs is 1. The molecule has 0 radical (unpaired) electrons. The van der Waals surface area contributed by atoms with Gasteiger partial charge in [-0.1, -0.05) is 79.9 Å². The van der Waals surface area contributed by atoms with Crippen molar-refractivity contribution in [2.24, 2.45) is 17.8 Å². The third-order valence-electron chi connectivity index (χ3n) is 7.51. The summed E-state index contributed by atoms with van der Waals surface area (Å²) in [7, 11) is 0. The van der Waals surface area contributed by atoms with E-state index in [0.29, 0.717) is 11.8 Å². The molecule has 4 heteroatoms. The van der Waals surface area contributed by atoms with Crippen molar-refractivity contribution in [3.8, 4) is 0 Å². The number of carbonyl (C=O) groups excluding carboxylic acids is 1. The summed E-state index contributed by atoms with van der Waals surface area (Å²) >= 11 is 7.24. The van der Waals surface area contributed by atoms with E-state index in [9.17, 15) is 4.79 Å². The van der Waals surface area contributed by atoms with Crippen LogP contribution in [0.25, 0.3) is 0 Å². The first kappa shape index (κ1) is 20.1. The molecule has 2 aliphatic carbocycles. The van der Waals surface area contributed by atoms with Crippen molar-refractivity contribution >= 4 is 17.5 Å². The Balaban J connectivity index is 1.24. The fourth-order valence-electron chi connectivity index (χ4n) is 5.79. The van der Waals surface area contributed by atoms with E-state index in [2.05, 4.69) is 40.5 Å². The summed E-state index contributed by atoms with van der Waals surface area (Å²) in [6, 6.07) is 21.0. The molecule has 3 nitrogen and oxygen atoms in total. The molecular weight excluding hydrogens is 392 g/mol. The van der Waals surface area contributed by atoms with Crippen molar-refractivity contribution < 1.29 is 4.79 Å². The van der Waals surface area contributed by atoms with E-state index in [4.69, 9.17) is 11.6 Å². The van der Waals surface area contributed by atoms with Crippen LogP contribution in [0.4, 0.5) is 0 Å². The molecule has 5 rings (SSSR count). The van der Waals surface area contributed by atoms with E-state index in [1.54, 1.807) is 0 Å². The van der Waals surface area contributed by atoms with Gasteiger partial charge in [-0.15, -0.1) is 11.6 Å². The quantitative estimate of drug-likeness (QED) is 0.668. The van der Waals surface area contributed by atoms with Crippen molar-refractivity contribution in [2.45, 2.75) is 49.6 Å². The molecule has 1 heterocycles. The first-order valence-corrected chi connectivity index (χ1v) is 11.9. The molecule has 0 bridgehead atoms. The van der Waals surface area contributed by atoms with Gasteiger partial charge in [0.1, 0.15) is 0 Å². The topological polar surface area (TPSA) is 32.3 Å². The zero-order valence-electron chi connectivity index (χ0n) is 17.5. The lowest BCUT2D eigenvalue weighted by molar-refractivity contribution is -0.126. The van der Waals surface area contributed by atoms with Gasteiger partial charge in [0.15, 0.2) is 4.87 Å². The molecule has 2 saturated carbocycles. The highest BCUT2D eigenvalue weighted by atomic mass is 35.5. The van der Waals surface area contributed by atoms with Crippen LogP contribution in [-0.2, 0) is 16.2 Å². The van der Waals surface area contributed by atoms with Crippen LogP contribution >= 0.6 is 11.6 Å². The van der Waals surface area contributed by atoms with E-state index in [-0.39, 0.29) is 17.9 Å². The molecule has 2 aromatic rings. The first-order valence-electron chi connectivity index (χ1n) is 11.5. The summed E-state index contributed by atoms with van der Waals surface area (Å²) in [5.41, 5.74) is 2.31. The van der Waals surface area contributed by atoms with Gasteiger partial charge in [0, 0.05) is 25.7 Å². The summed E-state index contributed by atoms with van der Waals surface area (Å²) in [6.07, 6.45) is 5.66. The Hall–Kier alpha value is -1.84. The first-order chi connectivity index (χ1) is 14.7. The summed E-state index contributed by atoms with van der Waals surface area (Å²) in [4.78, 5) is 15.1. The van der Waals surface area contributed by atoms with Crippen LogP contribution < -0.4 is 5.32 Å². The molecule has 3 aliphatic rings. The highest BCUT2D eigenvalue weighted by molar-refractivity contribution is 6.35. The third-order valence-corrected chi connectivity index (χ3v) is 8.21. The molecule has 3 unspecified atom stereocenters. The monoisotopic (exact) mass is 422 g/mol. The maximum absolute atomic E-state index is 13.6. The second-order valence-corrected chi connectivity index (χ2v) is 10.0. The number of benzene rings is 2. The van der Waals surface area contributed by atoms with E-state index in [1.807, 2.05) is 30.3 Å². The van der Waals surface area contributed by atoms with E-state index in [0.717, 1.165) is 38.0 Å². The maximum atomic E-state index is 13.6. The van der Waals surface area contributed by atoms with Crippen molar-refractivity contribution in [1.29, 1.82) is 0 Å². The van der Waals surface area contributed by atoms with Crippen LogP contribution in [0.2, 0.25) is 0 Å². The summed E-state index contributed by atoms with van der Waals surface area (Å²) < 4.78 is 0. The average Bonchev–Trinajstić information content (AvgIpc) is 3.24. The van der Waals surface area contributed by atoms with Gasteiger partial charge in [-0.05, 0) is 41.7 Å². The van der Waals surface area contributed by atoms with Gasteiger partial charge in [-0.3, -0.25) is 9.69 Å². The number of likely N-dealkylation sites (tertiary alicyclic amines) is 1. The molecule has 1 amide bonds. The van der Waals surface area contributed by atoms with Gasteiger partial charge in [0.25, 0.3) is 0 Å². The number of nitrogens with one attached hydrogen (secondary N) is 1. The number of alkyl halides is 1. The molecule has 0 spiro atoms. The van der Waals surface area contributed by atoms with Crippen molar-refractivity contribution in [1.82, 2.24) is 10.2 Å². The molecule has 0 aromatic heterocycles. The molecule has 3 fully saturated rings. The van der Waals surface area contributed by atoms with Gasteiger partial charge < -0.3 is 5.32 Å². The normalized spacial score (nSPS) is 28.5. The Bertz CT molecular complexity index is 855. The minimum absolute atomic E-state index is 0.0243.